The van der Waals surface area contributed by atoms with Crippen molar-refractivity contribution in [2.75, 3.05) is 26.7 Å². The van der Waals surface area contributed by atoms with Gasteiger partial charge in [-0.25, -0.2) is 0 Å². The van der Waals surface area contributed by atoms with Crippen LogP contribution >= 0.6 is 0 Å². The van der Waals surface area contributed by atoms with Crippen LogP contribution in [0.5, 0.6) is 5.75 Å². The lowest BCUT2D eigenvalue weighted by atomic mass is 9.77. The fraction of sp³-hybridized carbons (Fsp3) is 0.611. The van der Waals surface area contributed by atoms with Gasteiger partial charge >= 0.3 is 0 Å². The first kappa shape index (κ1) is 15.3. The zero-order chi connectivity index (χ0) is 15.6. The van der Waals surface area contributed by atoms with Gasteiger partial charge in [0.2, 0.25) is 5.91 Å². The molecule has 1 aromatic carbocycles. The number of amides is 1. The van der Waals surface area contributed by atoms with E-state index in [4.69, 9.17) is 10.5 Å². The summed E-state index contributed by atoms with van der Waals surface area (Å²) in [4.78, 5) is 15.3. The lowest BCUT2D eigenvalue weighted by molar-refractivity contribution is -0.136. The van der Waals surface area contributed by atoms with Crippen molar-refractivity contribution < 1.29 is 9.53 Å². The smallest absolute Gasteiger partial charge is 0.233 e. The van der Waals surface area contributed by atoms with Crippen molar-refractivity contribution in [1.82, 2.24) is 4.90 Å². The molecule has 4 nitrogen and oxygen atoms in total. The second kappa shape index (κ2) is 6.29. The van der Waals surface area contributed by atoms with Gasteiger partial charge in [-0.15, -0.1) is 0 Å². The molecule has 2 fully saturated rings. The van der Waals surface area contributed by atoms with Gasteiger partial charge in [-0.3, -0.25) is 4.79 Å². The summed E-state index contributed by atoms with van der Waals surface area (Å²) in [5.41, 5.74) is 6.54. The second-order valence-corrected chi connectivity index (χ2v) is 6.66. The van der Waals surface area contributed by atoms with E-state index in [0.29, 0.717) is 18.4 Å². The molecule has 1 aliphatic carbocycles. The molecule has 1 saturated carbocycles. The van der Waals surface area contributed by atoms with Crippen LogP contribution in [0.4, 0.5) is 0 Å². The Bertz CT molecular complexity index is 538. The number of carbonyl (C=O) groups is 1. The van der Waals surface area contributed by atoms with Gasteiger partial charge in [-0.2, -0.15) is 0 Å². The van der Waals surface area contributed by atoms with Crippen LogP contribution in [0.2, 0.25) is 0 Å². The van der Waals surface area contributed by atoms with E-state index >= 15 is 0 Å². The number of nitrogens with zero attached hydrogens (tertiary/aromatic N) is 1. The van der Waals surface area contributed by atoms with Gasteiger partial charge in [0.25, 0.3) is 0 Å². The molecule has 0 spiro atoms. The molecule has 1 amide bonds. The molecular weight excluding hydrogens is 276 g/mol. The van der Waals surface area contributed by atoms with Crippen molar-refractivity contribution in [2.45, 2.75) is 37.5 Å². The molecule has 0 aromatic heterocycles. The molecule has 2 aliphatic rings. The Hall–Kier alpha value is -1.55. The highest BCUT2D eigenvalue weighted by Crippen LogP contribution is 2.44. The number of rotatable bonds is 4. The highest BCUT2D eigenvalue weighted by molar-refractivity contribution is 5.89. The van der Waals surface area contributed by atoms with Crippen LogP contribution in [0.15, 0.2) is 24.3 Å². The average Bonchev–Trinajstić information content (AvgIpc) is 3.24. The minimum Gasteiger partial charge on any atom is -0.497 e. The third kappa shape index (κ3) is 2.60. The first-order valence-corrected chi connectivity index (χ1v) is 8.33. The van der Waals surface area contributed by atoms with Crippen LogP contribution in [0.3, 0.4) is 0 Å². The molecule has 1 heterocycles. The number of benzene rings is 1. The third-order valence-corrected chi connectivity index (χ3v) is 5.40. The first-order chi connectivity index (χ1) is 10.7. The van der Waals surface area contributed by atoms with Crippen molar-refractivity contribution >= 4 is 5.91 Å². The van der Waals surface area contributed by atoms with Gasteiger partial charge in [-0.05, 0) is 49.4 Å². The summed E-state index contributed by atoms with van der Waals surface area (Å²) in [6.07, 6.45) is 5.18. The van der Waals surface area contributed by atoms with E-state index in [9.17, 15) is 4.79 Å². The molecule has 2 N–H and O–H groups in total. The average molecular weight is 302 g/mol. The van der Waals surface area contributed by atoms with Crippen molar-refractivity contribution in [3.05, 3.63) is 29.8 Å². The molecule has 4 heteroatoms. The predicted octanol–water partition coefficient (Wildman–Crippen LogP) is 2.31. The molecule has 22 heavy (non-hydrogen) atoms. The number of ether oxygens (including phenoxy) is 1. The van der Waals surface area contributed by atoms with E-state index in [1.54, 1.807) is 7.11 Å². The number of nitrogens with two attached hydrogens (primary N) is 1. The molecule has 0 bridgehead atoms. The Morgan fingerprint density at radius 2 is 2.18 bits per heavy atom. The van der Waals surface area contributed by atoms with Gasteiger partial charge in [0.05, 0.1) is 12.5 Å². The molecule has 1 atom stereocenters. The van der Waals surface area contributed by atoms with Crippen molar-refractivity contribution in [3.8, 4) is 5.75 Å². The summed E-state index contributed by atoms with van der Waals surface area (Å²) in [5.74, 6) is 1.60. The molecular formula is C18H26N2O2. The molecule has 120 valence electrons. The molecule has 1 aliphatic heterocycles. The lowest BCUT2D eigenvalue weighted by Gasteiger charge is -2.33. The molecule has 1 aromatic rings. The largest absolute Gasteiger partial charge is 0.497 e. The monoisotopic (exact) mass is 302 g/mol. The topological polar surface area (TPSA) is 55.6 Å². The predicted molar refractivity (Wildman–Crippen MR) is 86.9 cm³/mol. The SMILES string of the molecule is COc1cccc(C2(C(=O)N3CCC(CN)C3)CCCC2)c1. The van der Waals surface area contributed by atoms with Crippen LogP contribution in [0.25, 0.3) is 0 Å². The van der Waals surface area contributed by atoms with Gasteiger partial charge in [0, 0.05) is 13.1 Å². The van der Waals surface area contributed by atoms with Gasteiger partial charge in [-0.1, -0.05) is 25.0 Å². The summed E-state index contributed by atoms with van der Waals surface area (Å²) in [6, 6.07) is 8.06. The highest BCUT2D eigenvalue weighted by Gasteiger charge is 2.46. The van der Waals surface area contributed by atoms with Crippen molar-refractivity contribution in [3.63, 3.8) is 0 Å². The number of likely N-dealkylation sites (tertiary alicyclic amines) is 1. The Labute approximate surface area is 132 Å². The standard InChI is InChI=1S/C18H26N2O2/c1-22-16-6-4-5-15(11-16)18(8-2-3-9-18)17(21)20-10-7-14(12-19)13-20/h4-6,11,14H,2-3,7-10,12-13,19H2,1H3. The van der Waals surface area contributed by atoms with E-state index < -0.39 is 0 Å². The maximum Gasteiger partial charge on any atom is 0.233 e. The fourth-order valence-electron chi connectivity index (χ4n) is 4.04. The van der Waals surface area contributed by atoms with Gasteiger partial charge in [0.1, 0.15) is 5.75 Å². The normalized spacial score (nSPS) is 23.7. The van der Waals surface area contributed by atoms with Crippen LogP contribution in [0.1, 0.15) is 37.7 Å². The zero-order valence-electron chi connectivity index (χ0n) is 13.4. The van der Waals surface area contributed by atoms with E-state index in [2.05, 4.69) is 6.07 Å². The van der Waals surface area contributed by atoms with Crippen LogP contribution in [-0.4, -0.2) is 37.6 Å². The molecule has 0 radical (unpaired) electrons. The molecule has 3 rings (SSSR count). The van der Waals surface area contributed by atoms with Gasteiger partial charge < -0.3 is 15.4 Å². The van der Waals surface area contributed by atoms with Crippen LogP contribution in [-0.2, 0) is 10.2 Å². The Kier molecular flexibility index (Phi) is 4.39. The highest BCUT2D eigenvalue weighted by atomic mass is 16.5. The van der Waals surface area contributed by atoms with E-state index in [-0.39, 0.29) is 5.41 Å². The van der Waals surface area contributed by atoms with E-state index in [1.807, 2.05) is 23.1 Å². The molecule has 1 unspecified atom stereocenters. The quantitative estimate of drug-likeness (QED) is 0.928. The second-order valence-electron chi connectivity index (χ2n) is 6.66. The summed E-state index contributed by atoms with van der Waals surface area (Å²) in [7, 11) is 1.68. The lowest BCUT2D eigenvalue weighted by Crippen LogP contribution is -2.44. The van der Waals surface area contributed by atoms with Crippen molar-refractivity contribution in [1.29, 1.82) is 0 Å². The third-order valence-electron chi connectivity index (χ3n) is 5.40. The number of methoxy groups -OCH3 is 1. The van der Waals surface area contributed by atoms with Crippen LogP contribution in [0, 0.1) is 5.92 Å². The Morgan fingerprint density at radius 3 is 2.82 bits per heavy atom. The first-order valence-electron chi connectivity index (χ1n) is 8.33. The number of hydrogen-bond donors (Lipinski definition) is 1. The summed E-state index contributed by atoms with van der Waals surface area (Å²) < 4.78 is 5.36. The van der Waals surface area contributed by atoms with E-state index in [0.717, 1.165) is 56.5 Å². The van der Waals surface area contributed by atoms with E-state index in [1.165, 1.54) is 0 Å². The van der Waals surface area contributed by atoms with Crippen LogP contribution < -0.4 is 10.5 Å². The maximum atomic E-state index is 13.3. The van der Waals surface area contributed by atoms with Crippen molar-refractivity contribution in [2.24, 2.45) is 11.7 Å². The Morgan fingerprint density at radius 1 is 1.41 bits per heavy atom. The number of carbonyl (C=O) groups excluding carboxylic acids is 1. The Balaban J connectivity index is 1.89. The summed E-state index contributed by atoms with van der Waals surface area (Å²) in [6.45, 7) is 2.35. The molecule has 1 saturated heterocycles. The minimum absolute atomic E-state index is 0.300. The number of hydrogen-bond acceptors (Lipinski definition) is 3. The summed E-state index contributed by atoms with van der Waals surface area (Å²) in [5, 5.41) is 0. The maximum absolute atomic E-state index is 13.3. The summed E-state index contributed by atoms with van der Waals surface area (Å²) >= 11 is 0. The minimum atomic E-state index is -0.349. The zero-order valence-corrected chi connectivity index (χ0v) is 13.4. The van der Waals surface area contributed by atoms with Gasteiger partial charge in [0.15, 0.2) is 0 Å². The fourth-order valence-corrected chi connectivity index (χ4v) is 4.04.